The van der Waals surface area contributed by atoms with Crippen molar-refractivity contribution in [3.05, 3.63) is 24.3 Å². The van der Waals surface area contributed by atoms with E-state index in [9.17, 15) is 4.79 Å². The van der Waals surface area contributed by atoms with E-state index < -0.39 is 11.7 Å². The third-order valence-corrected chi connectivity index (χ3v) is 2.18. The quantitative estimate of drug-likeness (QED) is 0.876. The molecule has 0 fully saturated rings. The monoisotopic (exact) mass is 267 g/mol. The molecule has 106 valence electrons. The number of alkyl carbamates (subject to hydrolysis) is 1. The van der Waals surface area contributed by atoms with Gasteiger partial charge in [-0.25, -0.2) is 14.8 Å². The van der Waals surface area contributed by atoms with Crippen LogP contribution in [0.15, 0.2) is 18.7 Å². The van der Waals surface area contributed by atoms with Crippen LogP contribution in [0.2, 0.25) is 0 Å². The minimum atomic E-state index is -0.516. The predicted octanol–water partition coefficient (Wildman–Crippen LogP) is 1.56. The number of carbonyl (C=O) groups is 1. The summed E-state index contributed by atoms with van der Waals surface area (Å²) in [5.41, 5.74) is 0.415. The van der Waals surface area contributed by atoms with E-state index in [4.69, 9.17) is 9.47 Å². The maximum atomic E-state index is 11.7. The fourth-order valence-electron chi connectivity index (χ4n) is 1.55. The molecule has 0 radical (unpaired) electrons. The van der Waals surface area contributed by atoms with Crippen LogP contribution < -0.4 is 5.32 Å². The van der Waals surface area contributed by atoms with Crippen molar-refractivity contribution in [1.29, 1.82) is 0 Å². The highest BCUT2D eigenvalue weighted by Gasteiger charge is 2.19. The maximum absolute atomic E-state index is 11.7. The molecule has 1 N–H and O–H groups in total. The Morgan fingerprint density at radius 2 is 2.00 bits per heavy atom. The van der Waals surface area contributed by atoms with Crippen LogP contribution in [0.3, 0.4) is 0 Å². The summed E-state index contributed by atoms with van der Waals surface area (Å²) in [6.07, 6.45) is 5.04. The number of rotatable bonds is 5. The number of hydrogen-bond donors (Lipinski definition) is 1. The second-order valence-corrected chi connectivity index (χ2v) is 5.25. The largest absolute Gasteiger partial charge is 0.444 e. The lowest BCUT2D eigenvalue weighted by Gasteiger charge is -2.23. The lowest BCUT2D eigenvalue weighted by atomic mass is 10.1. The van der Waals surface area contributed by atoms with Crippen molar-refractivity contribution in [1.82, 2.24) is 15.3 Å². The second kappa shape index (κ2) is 7.04. The first-order valence-electron chi connectivity index (χ1n) is 6.13. The van der Waals surface area contributed by atoms with Crippen molar-refractivity contribution in [2.45, 2.75) is 38.8 Å². The smallest absolute Gasteiger partial charge is 0.407 e. The summed E-state index contributed by atoms with van der Waals surface area (Å²) in [5.74, 6) is 0. The van der Waals surface area contributed by atoms with Crippen molar-refractivity contribution in [3.63, 3.8) is 0 Å². The Morgan fingerprint density at radius 1 is 1.37 bits per heavy atom. The van der Waals surface area contributed by atoms with Gasteiger partial charge in [-0.15, -0.1) is 0 Å². The van der Waals surface area contributed by atoms with Crippen LogP contribution >= 0.6 is 0 Å². The van der Waals surface area contributed by atoms with Crippen LogP contribution in [0, 0.1) is 0 Å². The summed E-state index contributed by atoms with van der Waals surface area (Å²) in [6.45, 7) is 5.86. The highest BCUT2D eigenvalue weighted by atomic mass is 16.6. The van der Waals surface area contributed by atoms with E-state index in [-0.39, 0.29) is 6.04 Å². The van der Waals surface area contributed by atoms with Gasteiger partial charge in [-0.2, -0.15) is 0 Å². The van der Waals surface area contributed by atoms with Gasteiger partial charge in [-0.3, -0.25) is 0 Å². The van der Waals surface area contributed by atoms with Gasteiger partial charge in [0, 0.05) is 19.5 Å². The van der Waals surface area contributed by atoms with Crippen LogP contribution in [-0.2, 0) is 15.9 Å². The molecule has 0 aromatic carbocycles. The lowest BCUT2D eigenvalue weighted by Crippen LogP contribution is -2.42. The minimum Gasteiger partial charge on any atom is -0.444 e. The normalized spacial score (nSPS) is 12.8. The zero-order chi connectivity index (χ0) is 14.3. The molecule has 0 bridgehead atoms. The van der Waals surface area contributed by atoms with E-state index in [2.05, 4.69) is 15.3 Å². The van der Waals surface area contributed by atoms with Gasteiger partial charge in [0.25, 0.3) is 0 Å². The SMILES string of the molecule is COCC(Cc1cncnc1)NC(=O)OC(C)(C)C. The number of ether oxygens (including phenoxy) is 2. The Hall–Kier alpha value is -1.69. The number of methoxy groups -OCH3 is 1. The molecular formula is C13H21N3O3. The summed E-state index contributed by atoms with van der Waals surface area (Å²) in [6, 6.07) is -0.175. The fraction of sp³-hybridized carbons (Fsp3) is 0.615. The van der Waals surface area contributed by atoms with Crippen LogP contribution in [0.25, 0.3) is 0 Å². The van der Waals surface area contributed by atoms with Gasteiger partial charge in [0.05, 0.1) is 12.6 Å². The number of nitrogens with one attached hydrogen (secondary N) is 1. The first-order valence-corrected chi connectivity index (χ1v) is 6.13. The molecule has 1 atom stereocenters. The molecule has 1 heterocycles. The van der Waals surface area contributed by atoms with Crippen molar-refractivity contribution >= 4 is 6.09 Å². The number of nitrogens with zero attached hydrogens (tertiary/aromatic N) is 2. The summed E-state index contributed by atoms with van der Waals surface area (Å²) in [7, 11) is 1.59. The molecule has 0 spiro atoms. The molecule has 0 saturated carbocycles. The van der Waals surface area contributed by atoms with E-state index in [1.165, 1.54) is 6.33 Å². The molecular weight excluding hydrogens is 246 g/mol. The van der Waals surface area contributed by atoms with Crippen LogP contribution in [0.1, 0.15) is 26.3 Å². The van der Waals surface area contributed by atoms with Crippen molar-refractivity contribution < 1.29 is 14.3 Å². The van der Waals surface area contributed by atoms with Crippen LogP contribution in [0.5, 0.6) is 0 Å². The Labute approximate surface area is 113 Å². The van der Waals surface area contributed by atoms with Crippen molar-refractivity contribution in [2.75, 3.05) is 13.7 Å². The molecule has 1 aromatic rings. The van der Waals surface area contributed by atoms with Gasteiger partial charge in [-0.1, -0.05) is 0 Å². The molecule has 1 rings (SSSR count). The Kier molecular flexibility index (Phi) is 5.69. The first kappa shape index (κ1) is 15.4. The summed E-state index contributed by atoms with van der Waals surface area (Å²) >= 11 is 0. The minimum absolute atomic E-state index is 0.175. The molecule has 0 aliphatic heterocycles. The lowest BCUT2D eigenvalue weighted by molar-refractivity contribution is 0.0469. The molecule has 6 nitrogen and oxygen atoms in total. The Morgan fingerprint density at radius 3 is 2.53 bits per heavy atom. The van der Waals surface area contributed by atoms with E-state index in [1.807, 2.05) is 20.8 Å². The van der Waals surface area contributed by atoms with Gasteiger partial charge in [0.15, 0.2) is 0 Å². The van der Waals surface area contributed by atoms with Gasteiger partial charge in [-0.05, 0) is 32.8 Å². The highest BCUT2D eigenvalue weighted by Crippen LogP contribution is 2.08. The van der Waals surface area contributed by atoms with Crippen molar-refractivity contribution in [3.8, 4) is 0 Å². The van der Waals surface area contributed by atoms with Gasteiger partial charge in [0.1, 0.15) is 11.9 Å². The molecule has 6 heteroatoms. The van der Waals surface area contributed by atoms with Crippen LogP contribution in [-0.4, -0.2) is 41.4 Å². The molecule has 1 amide bonds. The molecule has 1 aromatic heterocycles. The van der Waals surface area contributed by atoms with Crippen molar-refractivity contribution in [2.24, 2.45) is 0 Å². The summed E-state index contributed by atoms with van der Waals surface area (Å²) in [5, 5.41) is 2.78. The third-order valence-electron chi connectivity index (χ3n) is 2.18. The summed E-state index contributed by atoms with van der Waals surface area (Å²) < 4.78 is 10.3. The Balaban J connectivity index is 2.55. The third kappa shape index (κ3) is 6.71. The fourth-order valence-corrected chi connectivity index (χ4v) is 1.55. The van der Waals surface area contributed by atoms with E-state index in [0.717, 1.165) is 5.56 Å². The second-order valence-electron chi connectivity index (χ2n) is 5.25. The molecule has 0 saturated heterocycles. The average molecular weight is 267 g/mol. The number of aromatic nitrogens is 2. The Bertz CT molecular complexity index is 390. The zero-order valence-electron chi connectivity index (χ0n) is 11.8. The molecule has 19 heavy (non-hydrogen) atoms. The van der Waals surface area contributed by atoms with E-state index >= 15 is 0 Å². The molecule has 1 unspecified atom stereocenters. The van der Waals surface area contributed by atoms with Gasteiger partial charge < -0.3 is 14.8 Å². The zero-order valence-corrected chi connectivity index (χ0v) is 11.8. The first-order chi connectivity index (χ1) is 8.90. The highest BCUT2D eigenvalue weighted by molar-refractivity contribution is 5.68. The van der Waals surface area contributed by atoms with E-state index in [0.29, 0.717) is 13.0 Å². The molecule has 0 aliphatic rings. The summed E-state index contributed by atoms with van der Waals surface area (Å²) in [4.78, 5) is 19.6. The predicted molar refractivity (Wildman–Crippen MR) is 70.8 cm³/mol. The topological polar surface area (TPSA) is 73.3 Å². The molecule has 0 aliphatic carbocycles. The van der Waals surface area contributed by atoms with Gasteiger partial charge in [0.2, 0.25) is 0 Å². The van der Waals surface area contributed by atoms with Gasteiger partial charge >= 0.3 is 6.09 Å². The standard InChI is InChI=1S/C13H21N3O3/c1-13(2,3)19-12(17)16-11(8-18-4)5-10-6-14-9-15-7-10/h6-7,9,11H,5,8H2,1-4H3,(H,16,17). The number of carbonyl (C=O) groups excluding carboxylic acids is 1. The average Bonchev–Trinajstić information content (AvgIpc) is 2.27. The number of amides is 1. The van der Waals surface area contributed by atoms with E-state index in [1.54, 1.807) is 19.5 Å². The maximum Gasteiger partial charge on any atom is 0.407 e. The number of hydrogen-bond acceptors (Lipinski definition) is 5. The van der Waals surface area contributed by atoms with Crippen LogP contribution in [0.4, 0.5) is 4.79 Å².